The van der Waals surface area contributed by atoms with Crippen LogP contribution in [0.4, 0.5) is 11.4 Å². The molecule has 1 atom stereocenters. The second-order valence-electron chi connectivity index (χ2n) is 7.86. The smallest absolute Gasteiger partial charge is 0.217 e. The van der Waals surface area contributed by atoms with Crippen LogP contribution < -0.4 is 15.6 Å². The molecular formula is C25H20N6O. The van der Waals surface area contributed by atoms with Crippen molar-refractivity contribution in [3.05, 3.63) is 107 Å². The van der Waals surface area contributed by atoms with Gasteiger partial charge < -0.3 is 10.8 Å². The van der Waals surface area contributed by atoms with Gasteiger partial charge in [-0.2, -0.15) is 5.10 Å². The highest BCUT2D eigenvalue weighted by molar-refractivity contribution is 6.25. The molecule has 156 valence electrons. The zero-order chi connectivity index (χ0) is 21.9. The fourth-order valence-electron chi connectivity index (χ4n) is 4.66. The van der Waals surface area contributed by atoms with E-state index in [2.05, 4.69) is 10.2 Å². The highest BCUT2D eigenvalue weighted by atomic mass is 16.3. The minimum absolute atomic E-state index is 0.233. The van der Waals surface area contributed by atoms with Crippen LogP contribution in [0.5, 0.6) is 0 Å². The third-order valence-corrected chi connectivity index (χ3v) is 5.99. The summed E-state index contributed by atoms with van der Waals surface area (Å²) in [7, 11) is 0. The van der Waals surface area contributed by atoms with E-state index in [-0.39, 0.29) is 5.84 Å². The number of benzene rings is 3. The molecule has 0 saturated heterocycles. The number of para-hydroxylation sites is 2. The summed E-state index contributed by atoms with van der Waals surface area (Å²) >= 11 is 0. The summed E-state index contributed by atoms with van der Waals surface area (Å²) in [5.41, 5.74) is 9.88. The van der Waals surface area contributed by atoms with Gasteiger partial charge in [0.15, 0.2) is 11.7 Å². The average molecular weight is 420 g/mol. The Morgan fingerprint density at radius 3 is 2.25 bits per heavy atom. The number of amidine groups is 2. The molecule has 1 unspecified atom stereocenters. The average Bonchev–Trinajstić information content (AvgIpc) is 3.12. The lowest BCUT2D eigenvalue weighted by Gasteiger charge is -2.44. The summed E-state index contributed by atoms with van der Waals surface area (Å²) in [6.45, 7) is 1.88. The number of hydrogen-bond acceptors (Lipinski definition) is 7. The summed E-state index contributed by atoms with van der Waals surface area (Å²) in [4.78, 5) is 1.98. The Morgan fingerprint density at radius 2 is 1.50 bits per heavy atom. The van der Waals surface area contributed by atoms with Crippen LogP contribution in [0.2, 0.25) is 0 Å². The van der Waals surface area contributed by atoms with Crippen LogP contribution in [-0.4, -0.2) is 22.5 Å². The lowest BCUT2D eigenvalue weighted by Crippen LogP contribution is -2.52. The molecule has 3 N–H and O–H groups in total. The molecule has 7 nitrogen and oxygen atoms in total. The van der Waals surface area contributed by atoms with Gasteiger partial charge in [0.05, 0.1) is 22.7 Å². The van der Waals surface area contributed by atoms with E-state index in [4.69, 9.17) is 10.8 Å². The molecule has 32 heavy (non-hydrogen) atoms. The number of hydrogen-bond donors (Lipinski definition) is 2. The topological polar surface area (TPSA) is 89.8 Å². The summed E-state index contributed by atoms with van der Waals surface area (Å²) < 4.78 is 0. The molecule has 0 spiro atoms. The van der Waals surface area contributed by atoms with Crippen LogP contribution in [-0.2, 0) is 5.72 Å². The number of hydrazone groups is 1. The molecule has 0 bridgehead atoms. The highest BCUT2D eigenvalue weighted by Crippen LogP contribution is 2.51. The van der Waals surface area contributed by atoms with Gasteiger partial charge in [-0.15, -0.1) is 10.2 Å². The fraction of sp³-hybridized carbons (Fsp3) is 0.0800. The van der Waals surface area contributed by atoms with Gasteiger partial charge in [-0.25, -0.2) is 5.01 Å². The van der Waals surface area contributed by atoms with Crippen LogP contribution in [0.3, 0.4) is 0 Å². The molecular weight excluding hydrogens is 400 g/mol. The zero-order valence-corrected chi connectivity index (χ0v) is 17.3. The van der Waals surface area contributed by atoms with Crippen LogP contribution in [0.15, 0.2) is 112 Å². The number of anilines is 2. The third-order valence-electron chi connectivity index (χ3n) is 5.99. The summed E-state index contributed by atoms with van der Waals surface area (Å²) in [6, 6.07) is 27.2. The minimum Gasteiger partial charge on any atom is -0.380 e. The van der Waals surface area contributed by atoms with E-state index < -0.39 is 5.72 Å². The molecule has 7 heteroatoms. The van der Waals surface area contributed by atoms with Crippen molar-refractivity contribution in [1.82, 2.24) is 0 Å². The van der Waals surface area contributed by atoms with Crippen molar-refractivity contribution in [3.63, 3.8) is 0 Å². The number of rotatable bonds is 2. The van der Waals surface area contributed by atoms with Crippen LogP contribution in [0.25, 0.3) is 0 Å². The maximum absolute atomic E-state index is 12.3. The van der Waals surface area contributed by atoms with Gasteiger partial charge in [-0.1, -0.05) is 66.7 Å². The predicted molar refractivity (Wildman–Crippen MR) is 126 cm³/mol. The first-order valence-corrected chi connectivity index (χ1v) is 10.3. The number of aliphatic hydroxyl groups is 1. The molecule has 0 aliphatic carbocycles. The Balaban J connectivity index is 1.66. The molecule has 3 aliphatic rings. The van der Waals surface area contributed by atoms with Crippen molar-refractivity contribution < 1.29 is 5.11 Å². The minimum atomic E-state index is -1.53. The van der Waals surface area contributed by atoms with E-state index in [9.17, 15) is 5.11 Å². The van der Waals surface area contributed by atoms with Gasteiger partial charge in [0.1, 0.15) is 5.70 Å². The SMILES string of the molecule is CC1=NN(c2ccccc2)C2(O)C1=C1C(N)=NN=C(c3ccccc3)N1c1ccccc12. The van der Waals surface area contributed by atoms with Crippen molar-refractivity contribution in [3.8, 4) is 0 Å². The maximum atomic E-state index is 12.3. The van der Waals surface area contributed by atoms with Gasteiger partial charge in [-0.3, -0.25) is 4.90 Å². The molecule has 0 amide bonds. The van der Waals surface area contributed by atoms with Crippen molar-refractivity contribution in [2.75, 3.05) is 9.91 Å². The second-order valence-corrected chi connectivity index (χ2v) is 7.86. The maximum Gasteiger partial charge on any atom is 0.217 e. The van der Waals surface area contributed by atoms with E-state index in [1.807, 2.05) is 96.8 Å². The second kappa shape index (κ2) is 6.63. The van der Waals surface area contributed by atoms with E-state index in [0.29, 0.717) is 28.4 Å². The summed E-state index contributed by atoms with van der Waals surface area (Å²) in [6.07, 6.45) is 0. The van der Waals surface area contributed by atoms with E-state index in [1.165, 1.54) is 0 Å². The lowest BCUT2D eigenvalue weighted by atomic mass is 9.84. The Labute approximate surface area is 185 Å². The summed E-state index contributed by atoms with van der Waals surface area (Å²) in [5, 5.41) is 27.5. The van der Waals surface area contributed by atoms with Crippen molar-refractivity contribution in [2.45, 2.75) is 12.6 Å². The molecule has 3 aromatic rings. The van der Waals surface area contributed by atoms with Crippen molar-refractivity contribution >= 4 is 28.8 Å². The molecule has 0 aromatic heterocycles. The van der Waals surface area contributed by atoms with E-state index in [1.54, 1.807) is 5.01 Å². The predicted octanol–water partition coefficient (Wildman–Crippen LogP) is 3.53. The lowest BCUT2D eigenvalue weighted by molar-refractivity contribution is 0.0831. The Kier molecular flexibility index (Phi) is 3.84. The number of nitrogens with two attached hydrogens (primary N) is 1. The van der Waals surface area contributed by atoms with E-state index in [0.717, 1.165) is 16.9 Å². The molecule has 6 rings (SSSR count). The van der Waals surface area contributed by atoms with Crippen molar-refractivity contribution in [2.24, 2.45) is 21.0 Å². The first-order chi connectivity index (χ1) is 15.6. The van der Waals surface area contributed by atoms with Gasteiger partial charge in [0.25, 0.3) is 0 Å². The summed E-state index contributed by atoms with van der Waals surface area (Å²) in [5.74, 6) is 0.875. The molecule has 3 aliphatic heterocycles. The number of nitrogens with zero attached hydrogens (tertiary/aromatic N) is 5. The Bertz CT molecular complexity index is 1360. The molecule has 0 saturated carbocycles. The van der Waals surface area contributed by atoms with Gasteiger partial charge in [0, 0.05) is 11.1 Å². The van der Waals surface area contributed by atoms with Crippen LogP contribution in [0, 0.1) is 0 Å². The first kappa shape index (κ1) is 18.5. The van der Waals surface area contributed by atoms with Gasteiger partial charge in [0.2, 0.25) is 5.72 Å². The standard InChI is InChI=1S/C25H20N6O/c1-16-21-22-23(26)27-28-24(17-10-4-2-5-11-17)30(22)20-15-9-8-14-19(20)25(21,32)31(29-16)18-12-6-3-7-13-18/h2-15,32H,1H3,(H2,26,27). The molecule has 0 fully saturated rings. The highest BCUT2D eigenvalue weighted by Gasteiger charge is 2.55. The monoisotopic (exact) mass is 420 g/mol. The normalized spacial score (nSPS) is 21.4. The zero-order valence-electron chi connectivity index (χ0n) is 17.3. The fourth-order valence-corrected chi connectivity index (χ4v) is 4.66. The molecule has 0 radical (unpaired) electrons. The van der Waals surface area contributed by atoms with Gasteiger partial charge >= 0.3 is 0 Å². The Hall–Kier alpha value is -4.23. The molecule has 3 aromatic carbocycles. The van der Waals surface area contributed by atoms with Crippen LogP contribution in [0.1, 0.15) is 18.1 Å². The van der Waals surface area contributed by atoms with E-state index >= 15 is 0 Å². The van der Waals surface area contributed by atoms with Gasteiger partial charge in [-0.05, 0) is 25.1 Å². The third kappa shape index (κ3) is 2.36. The molecule has 3 heterocycles. The largest absolute Gasteiger partial charge is 0.380 e. The Morgan fingerprint density at radius 1 is 0.844 bits per heavy atom. The quantitative estimate of drug-likeness (QED) is 0.664. The van der Waals surface area contributed by atoms with Crippen molar-refractivity contribution in [1.29, 1.82) is 0 Å². The first-order valence-electron chi connectivity index (χ1n) is 10.3. The van der Waals surface area contributed by atoms with Crippen LogP contribution >= 0.6 is 0 Å². The number of fused-ring (bicyclic) bond motifs is 5.